The molecule has 0 aliphatic heterocycles. The largest absolute Gasteiger partial charge is 0.443 e. The van der Waals surface area contributed by atoms with E-state index >= 15 is 0 Å². The number of hydrogen-bond acceptors (Lipinski definition) is 5. The van der Waals surface area contributed by atoms with E-state index in [1.165, 1.54) is 0 Å². The van der Waals surface area contributed by atoms with Gasteiger partial charge in [0.2, 0.25) is 0 Å². The Balaban J connectivity index is 3.58. The molecule has 0 aliphatic rings. The van der Waals surface area contributed by atoms with Crippen molar-refractivity contribution in [2.75, 3.05) is 33.0 Å². The SMILES string of the molecule is CCOCCOCCN(N)C(=O)OC(C)(C)C. The predicted molar refractivity (Wildman–Crippen MR) is 64.4 cm³/mol. The molecule has 0 radical (unpaired) electrons. The number of rotatable bonds is 7. The fourth-order valence-electron chi connectivity index (χ4n) is 0.939. The average molecular weight is 248 g/mol. The maximum Gasteiger partial charge on any atom is 0.424 e. The van der Waals surface area contributed by atoms with Gasteiger partial charge < -0.3 is 14.2 Å². The summed E-state index contributed by atoms with van der Waals surface area (Å²) in [6.07, 6.45) is -0.550. The van der Waals surface area contributed by atoms with Crippen LogP contribution in [0.1, 0.15) is 27.7 Å². The van der Waals surface area contributed by atoms with E-state index in [-0.39, 0.29) is 0 Å². The van der Waals surface area contributed by atoms with Crippen molar-refractivity contribution in [3.63, 3.8) is 0 Å². The van der Waals surface area contributed by atoms with Gasteiger partial charge in [0.15, 0.2) is 0 Å². The van der Waals surface area contributed by atoms with Gasteiger partial charge in [-0.05, 0) is 27.7 Å². The number of hydrazine groups is 1. The lowest BCUT2D eigenvalue weighted by Crippen LogP contribution is -2.43. The van der Waals surface area contributed by atoms with Crippen LogP contribution < -0.4 is 5.84 Å². The molecule has 17 heavy (non-hydrogen) atoms. The summed E-state index contributed by atoms with van der Waals surface area (Å²) in [5.74, 6) is 5.51. The molecule has 0 bridgehead atoms. The summed E-state index contributed by atoms with van der Waals surface area (Å²) >= 11 is 0. The van der Waals surface area contributed by atoms with E-state index in [0.29, 0.717) is 33.0 Å². The molecule has 0 unspecified atom stereocenters. The van der Waals surface area contributed by atoms with Crippen LogP contribution in [0.2, 0.25) is 0 Å². The van der Waals surface area contributed by atoms with Gasteiger partial charge in [-0.1, -0.05) is 0 Å². The Morgan fingerprint density at radius 3 is 2.29 bits per heavy atom. The highest BCUT2D eigenvalue weighted by Crippen LogP contribution is 2.08. The molecule has 0 aromatic carbocycles. The van der Waals surface area contributed by atoms with Crippen LogP contribution in [0, 0.1) is 0 Å². The van der Waals surface area contributed by atoms with E-state index in [1.54, 1.807) is 20.8 Å². The lowest BCUT2D eigenvalue weighted by molar-refractivity contribution is 0.0114. The third-order valence-electron chi connectivity index (χ3n) is 1.68. The van der Waals surface area contributed by atoms with Crippen LogP contribution in [0.15, 0.2) is 0 Å². The highest BCUT2D eigenvalue weighted by molar-refractivity contribution is 5.67. The Hall–Kier alpha value is -0.850. The molecule has 6 nitrogen and oxygen atoms in total. The smallest absolute Gasteiger partial charge is 0.424 e. The van der Waals surface area contributed by atoms with Crippen LogP contribution in [0.5, 0.6) is 0 Å². The van der Waals surface area contributed by atoms with Gasteiger partial charge in [0, 0.05) is 6.61 Å². The molecule has 2 N–H and O–H groups in total. The maximum absolute atomic E-state index is 11.4. The second-order valence-corrected chi connectivity index (χ2v) is 4.48. The van der Waals surface area contributed by atoms with Crippen molar-refractivity contribution in [2.45, 2.75) is 33.3 Å². The van der Waals surface area contributed by atoms with Crippen molar-refractivity contribution in [2.24, 2.45) is 5.84 Å². The van der Waals surface area contributed by atoms with Crippen molar-refractivity contribution in [3.8, 4) is 0 Å². The average Bonchev–Trinajstić information content (AvgIpc) is 2.20. The molecule has 102 valence electrons. The van der Waals surface area contributed by atoms with E-state index in [9.17, 15) is 4.79 Å². The molecular weight excluding hydrogens is 224 g/mol. The molecule has 0 saturated carbocycles. The zero-order chi connectivity index (χ0) is 13.3. The number of hydrogen-bond donors (Lipinski definition) is 1. The molecule has 0 aromatic rings. The fourth-order valence-corrected chi connectivity index (χ4v) is 0.939. The summed E-state index contributed by atoms with van der Waals surface area (Å²) < 4.78 is 15.4. The topological polar surface area (TPSA) is 74.0 Å². The minimum atomic E-state index is -0.550. The molecule has 1 amide bonds. The minimum absolute atomic E-state index is 0.293. The highest BCUT2D eigenvalue weighted by atomic mass is 16.6. The number of nitrogens with two attached hydrogens (primary N) is 1. The van der Waals surface area contributed by atoms with Crippen molar-refractivity contribution < 1.29 is 19.0 Å². The van der Waals surface area contributed by atoms with Gasteiger partial charge in [0.25, 0.3) is 0 Å². The molecule has 6 heteroatoms. The molecule has 0 heterocycles. The van der Waals surface area contributed by atoms with Crippen LogP contribution in [0.25, 0.3) is 0 Å². The van der Waals surface area contributed by atoms with Gasteiger partial charge in [-0.15, -0.1) is 0 Å². The monoisotopic (exact) mass is 248 g/mol. The normalized spacial score (nSPS) is 11.4. The molecule has 0 rings (SSSR count). The Kier molecular flexibility index (Phi) is 7.86. The first-order valence-electron chi connectivity index (χ1n) is 5.77. The standard InChI is InChI=1S/C11H24N2O4/c1-5-15-8-9-16-7-6-13(12)10(14)17-11(2,3)4/h5-9,12H2,1-4H3. The van der Waals surface area contributed by atoms with Crippen LogP contribution in [0.4, 0.5) is 4.79 Å². The number of amides is 1. The third kappa shape index (κ3) is 10.0. The second kappa shape index (κ2) is 8.27. The molecule has 0 aromatic heterocycles. The second-order valence-electron chi connectivity index (χ2n) is 4.48. The number of ether oxygens (including phenoxy) is 3. The summed E-state index contributed by atoms with van der Waals surface area (Å²) in [5.41, 5.74) is -0.537. The first-order valence-corrected chi connectivity index (χ1v) is 5.77. The Morgan fingerprint density at radius 1 is 1.18 bits per heavy atom. The van der Waals surface area contributed by atoms with Gasteiger partial charge in [-0.3, -0.25) is 0 Å². The summed E-state index contributed by atoms with van der Waals surface area (Å²) in [7, 11) is 0. The minimum Gasteiger partial charge on any atom is -0.443 e. The van der Waals surface area contributed by atoms with Gasteiger partial charge in [-0.2, -0.15) is 0 Å². The van der Waals surface area contributed by atoms with Gasteiger partial charge in [0.1, 0.15) is 5.60 Å². The quantitative estimate of drug-likeness (QED) is 0.316. The van der Waals surface area contributed by atoms with E-state index in [0.717, 1.165) is 5.01 Å². The molecule has 0 fully saturated rings. The third-order valence-corrected chi connectivity index (χ3v) is 1.68. The summed E-state index contributed by atoms with van der Waals surface area (Å²) in [6.45, 7) is 9.66. The fraction of sp³-hybridized carbons (Fsp3) is 0.909. The molecule has 0 spiro atoms. The highest BCUT2D eigenvalue weighted by Gasteiger charge is 2.19. The Morgan fingerprint density at radius 2 is 1.76 bits per heavy atom. The molecule has 0 atom stereocenters. The van der Waals surface area contributed by atoms with Crippen LogP contribution >= 0.6 is 0 Å². The zero-order valence-electron chi connectivity index (χ0n) is 11.2. The van der Waals surface area contributed by atoms with Crippen molar-refractivity contribution >= 4 is 6.09 Å². The molecule has 0 saturated heterocycles. The summed E-state index contributed by atoms with van der Waals surface area (Å²) in [4.78, 5) is 11.4. The predicted octanol–water partition coefficient (Wildman–Crippen LogP) is 1.15. The van der Waals surface area contributed by atoms with E-state index in [2.05, 4.69) is 0 Å². The van der Waals surface area contributed by atoms with E-state index < -0.39 is 11.7 Å². The Bertz CT molecular complexity index is 216. The first kappa shape index (κ1) is 16.1. The lowest BCUT2D eigenvalue weighted by Gasteiger charge is -2.24. The first-order chi connectivity index (χ1) is 7.87. The van der Waals surface area contributed by atoms with Crippen LogP contribution in [-0.4, -0.2) is 49.7 Å². The Labute approximate surface area is 103 Å². The van der Waals surface area contributed by atoms with E-state index in [1.807, 2.05) is 6.92 Å². The van der Waals surface area contributed by atoms with Gasteiger partial charge in [-0.25, -0.2) is 15.6 Å². The number of nitrogens with zero attached hydrogens (tertiary/aromatic N) is 1. The molecular formula is C11H24N2O4. The lowest BCUT2D eigenvalue weighted by atomic mass is 10.2. The van der Waals surface area contributed by atoms with Gasteiger partial charge in [0.05, 0.1) is 26.4 Å². The molecule has 0 aliphatic carbocycles. The van der Waals surface area contributed by atoms with Crippen molar-refractivity contribution in [3.05, 3.63) is 0 Å². The van der Waals surface area contributed by atoms with Crippen LogP contribution in [-0.2, 0) is 14.2 Å². The van der Waals surface area contributed by atoms with E-state index in [4.69, 9.17) is 20.1 Å². The summed E-state index contributed by atoms with van der Waals surface area (Å²) in [6, 6.07) is 0. The van der Waals surface area contributed by atoms with Crippen molar-refractivity contribution in [1.82, 2.24) is 5.01 Å². The van der Waals surface area contributed by atoms with Gasteiger partial charge >= 0.3 is 6.09 Å². The maximum atomic E-state index is 11.4. The number of carbonyl (C=O) groups is 1. The zero-order valence-corrected chi connectivity index (χ0v) is 11.2. The van der Waals surface area contributed by atoms with Crippen LogP contribution in [0.3, 0.4) is 0 Å². The summed E-state index contributed by atoms with van der Waals surface area (Å²) in [5, 5.41) is 1.01. The van der Waals surface area contributed by atoms with Crippen molar-refractivity contribution in [1.29, 1.82) is 0 Å². The number of carbonyl (C=O) groups excluding carboxylic acids is 1.